The zero-order chi connectivity index (χ0) is 37.2. The predicted molar refractivity (Wildman–Crippen MR) is 186 cm³/mol. The van der Waals surface area contributed by atoms with Gasteiger partial charge in [0, 0.05) is 25.7 Å². The Bertz CT molecular complexity index is 649. The van der Waals surface area contributed by atoms with Crippen molar-refractivity contribution in [3.8, 4) is 0 Å². The molecule has 0 atom stereocenters. The number of hydrogen-bond acceptors (Lipinski definition) is 8. The van der Waals surface area contributed by atoms with Gasteiger partial charge in [-0.05, 0) is 25.7 Å². The summed E-state index contributed by atoms with van der Waals surface area (Å²) in [5.74, 6) is -2.70. The molecule has 0 spiro atoms. The Labute approximate surface area is 284 Å². The first-order valence-corrected chi connectivity index (χ1v) is 17.6. The number of carboxylic acid groups (broad SMARTS) is 4. The van der Waals surface area contributed by atoms with Gasteiger partial charge in [-0.25, -0.2) is 0 Å². The van der Waals surface area contributed by atoms with E-state index in [1.54, 1.807) is 0 Å². The van der Waals surface area contributed by atoms with Gasteiger partial charge in [-0.1, -0.05) is 118 Å². The Morgan fingerprint density at radius 2 is 0.532 bits per heavy atom. The largest absolute Gasteiger partial charge is 0.481 e. The first kappa shape index (κ1) is 54.2. The first-order chi connectivity index (χ1) is 22.3. The van der Waals surface area contributed by atoms with Crippen LogP contribution in [0.2, 0.25) is 0 Å². The molecule has 284 valence electrons. The fourth-order valence-corrected chi connectivity index (χ4v) is 3.44. The minimum absolute atomic E-state index is 0.316. The van der Waals surface area contributed by atoms with Gasteiger partial charge in [0.2, 0.25) is 0 Å². The number of carboxylic acids is 4. The number of rotatable bonds is 26. The molecule has 0 aliphatic heterocycles. The van der Waals surface area contributed by atoms with Gasteiger partial charge in [-0.15, -0.1) is 0 Å². The highest BCUT2D eigenvalue weighted by Gasteiger charge is 2.26. The van der Waals surface area contributed by atoms with Crippen molar-refractivity contribution < 1.29 is 60.0 Å². The Hall–Kier alpha value is -2.28. The van der Waals surface area contributed by atoms with Crippen molar-refractivity contribution in [3.05, 3.63) is 0 Å². The van der Waals surface area contributed by atoms with E-state index in [-0.39, 0.29) is 0 Å². The van der Waals surface area contributed by atoms with E-state index in [0.29, 0.717) is 25.7 Å². The fourth-order valence-electron chi connectivity index (χ4n) is 3.44. The van der Waals surface area contributed by atoms with Crippen molar-refractivity contribution in [3.63, 3.8) is 0 Å². The molecule has 8 N–H and O–H groups in total. The molecule has 0 amide bonds. The van der Waals surface area contributed by atoms with E-state index in [1.165, 1.54) is 57.8 Å². The summed E-state index contributed by atoms with van der Waals surface area (Å²) in [5, 5.41) is 66.9. The molecule has 0 aromatic rings. The van der Waals surface area contributed by atoms with E-state index in [1.807, 2.05) is 6.92 Å². The van der Waals surface area contributed by atoms with Crippen LogP contribution < -0.4 is 0 Å². The van der Waals surface area contributed by atoms with E-state index in [9.17, 15) is 19.2 Å². The highest BCUT2D eigenvalue weighted by Crippen LogP contribution is 2.12. The van der Waals surface area contributed by atoms with Crippen molar-refractivity contribution in [1.29, 1.82) is 0 Å². The SMILES string of the molecule is CCCCC(=O)O.CCCCCCC(=O)O.CCCCCCCC(=O)O.CCCCCCCCCC(=O)O.OCC(CO)(CO)CO. The standard InChI is InChI=1S/C10H20O2.C8H16O2.C7H14O2.C5H12O4.C5H10O2/c1-2-3-4-5-6-7-8-9-10(11)12;1-2-3-4-5-6-7-8(9)10;1-2-3-4-5-6-7(8)9;6-1-5(2-7,3-8)4-9;1-2-3-4-5(6)7/h2-9H2,1H3,(H,11,12);2-7H2,1H3,(H,9,10);2-6H2,1H3,(H,8,9);6-9H,1-4H2;2-4H2,1H3,(H,6,7). The topological polar surface area (TPSA) is 230 Å². The van der Waals surface area contributed by atoms with Gasteiger partial charge in [-0.3, -0.25) is 19.2 Å². The van der Waals surface area contributed by atoms with Crippen LogP contribution in [0.25, 0.3) is 0 Å². The monoisotopic (exact) mass is 685 g/mol. The third kappa shape index (κ3) is 59.6. The van der Waals surface area contributed by atoms with Crippen LogP contribution >= 0.6 is 0 Å². The van der Waals surface area contributed by atoms with Gasteiger partial charge in [-0.2, -0.15) is 0 Å². The Morgan fingerprint density at radius 3 is 0.702 bits per heavy atom. The second-order valence-corrected chi connectivity index (χ2v) is 11.7. The van der Waals surface area contributed by atoms with Crippen LogP contribution in [0.3, 0.4) is 0 Å². The van der Waals surface area contributed by atoms with E-state index in [2.05, 4.69) is 20.8 Å². The van der Waals surface area contributed by atoms with Gasteiger partial charge >= 0.3 is 23.9 Å². The summed E-state index contributed by atoms with van der Waals surface area (Å²) in [7, 11) is 0. The minimum Gasteiger partial charge on any atom is -0.481 e. The molecule has 0 aromatic heterocycles. The molecule has 47 heavy (non-hydrogen) atoms. The van der Waals surface area contributed by atoms with E-state index in [4.69, 9.17) is 40.9 Å². The number of aliphatic hydroxyl groups is 4. The molecule has 0 aliphatic rings. The number of carbonyl (C=O) groups is 4. The fraction of sp³-hybridized carbons (Fsp3) is 0.886. The molecule has 0 saturated heterocycles. The molecule has 0 heterocycles. The van der Waals surface area contributed by atoms with Crippen LogP contribution in [0.5, 0.6) is 0 Å². The van der Waals surface area contributed by atoms with Crippen LogP contribution in [0.4, 0.5) is 0 Å². The van der Waals surface area contributed by atoms with E-state index >= 15 is 0 Å². The number of hydrogen-bond donors (Lipinski definition) is 8. The lowest BCUT2D eigenvalue weighted by Crippen LogP contribution is -2.37. The van der Waals surface area contributed by atoms with Crippen molar-refractivity contribution in [1.82, 2.24) is 0 Å². The molecule has 0 radical (unpaired) electrons. The average Bonchev–Trinajstić information content (AvgIpc) is 3.04. The van der Waals surface area contributed by atoms with Crippen LogP contribution in [0.1, 0.15) is 169 Å². The molecular weight excluding hydrogens is 612 g/mol. The number of aliphatic hydroxyl groups excluding tert-OH is 4. The minimum atomic E-state index is -1.11. The maximum absolute atomic E-state index is 10.1. The molecular formula is C35H72O12. The molecule has 0 aliphatic carbocycles. The summed E-state index contributed by atoms with van der Waals surface area (Å²) in [6.07, 6.45) is 21.2. The van der Waals surface area contributed by atoms with Gasteiger partial charge in [0.25, 0.3) is 0 Å². The highest BCUT2D eigenvalue weighted by atomic mass is 16.4. The summed E-state index contributed by atoms with van der Waals surface area (Å²) < 4.78 is 0. The first-order valence-electron chi connectivity index (χ1n) is 17.6. The Morgan fingerprint density at radius 1 is 0.340 bits per heavy atom. The summed E-state index contributed by atoms with van der Waals surface area (Å²) in [5.41, 5.74) is -1.11. The Balaban J connectivity index is -0.000000158. The second-order valence-electron chi connectivity index (χ2n) is 11.7. The van der Waals surface area contributed by atoms with Crippen molar-refractivity contribution >= 4 is 23.9 Å². The molecule has 0 rings (SSSR count). The molecule has 12 heteroatoms. The van der Waals surface area contributed by atoms with Crippen molar-refractivity contribution in [2.45, 2.75) is 169 Å². The van der Waals surface area contributed by atoms with Crippen LogP contribution in [0, 0.1) is 5.41 Å². The van der Waals surface area contributed by atoms with Crippen LogP contribution in [-0.4, -0.2) is 91.2 Å². The summed E-state index contributed by atoms with van der Waals surface area (Å²) in [6, 6.07) is 0. The molecule has 12 nitrogen and oxygen atoms in total. The smallest absolute Gasteiger partial charge is 0.303 e. The van der Waals surface area contributed by atoms with Gasteiger partial charge in [0.1, 0.15) is 0 Å². The molecule has 0 unspecified atom stereocenters. The second kappa shape index (κ2) is 45.8. The Kier molecular flexibility index (Phi) is 52.8. The third-order valence-electron chi connectivity index (χ3n) is 6.82. The average molecular weight is 685 g/mol. The third-order valence-corrected chi connectivity index (χ3v) is 6.82. The number of unbranched alkanes of at least 4 members (excludes halogenated alkanes) is 14. The maximum Gasteiger partial charge on any atom is 0.303 e. The van der Waals surface area contributed by atoms with Crippen molar-refractivity contribution in [2.24, 2.45) is 5.41 Å². The van der Waals surface area contributed by atoms with Gasteiger partial charge in [0.15, 0.2) is 0 Å². The molecule has 0 saturated carbocycles. The van der Waals surface area contributed by atoms with Crippen LogP contribution in [0.15, 0.2) is 0 Å². The zero-order valence-corrected chi connectivity index (χ0v) is 30.1. The maximum atomic E-state index is 10.1. The van der Waals surface area contributed by atoms with Crippen LogP contribution in [-0.2, 0) is 19.2 Å². The molecule has 0 bridgehead atoms. The summed E-state index contributed by atoms with van der Waals surface area (Å²) >= 11 is 0. The van der Waals surface area contributed by atoms with Crippen molar-refractivity contribution in [2.75, 3.05) is 26.4 Å². The zero-order valence-electron chi connectivity index (χ0n) is 30.1. The predicted octanol–water partition coefficient (Wildman–Crippen LogP) is 6.89. The lowest BCUT2D eigenvalue weighted by atomic mass is 9.93. The van der Waals surface area contributed by atoms with E-state index in [0.717, 1.165) is 57.8 Å². The lowest BCUT2D eigenvalue weighted by molar-refractivity contribution is -0.138. The molecule has 0 fully saturated rings. The summed E-state index contributed by atoms with van der Waals surface area (Å²) in [6.45, 7) is 6.81. The number of aliphatic carboxylic acids is 4. The van der Waals surface area contributed by atoms with E-state index < -0.39 is 55.7 Å². The van der Waals surface area contributed by atoms with Gasteiger partial charge < -0.3 is 40.9 Å². The van der Waals surface area contributed by atoms with Gasteiger partial charge in [0.05, 0.1) is 31.8 Å². The quantitative estimate of drug-likeness (QED) is 0.0436. The summed E-state index contributed by atoms with van der Waals surface area (Å²) in [4.78, 5) is 39.9. The highest BCUT2D eigenvalue weighted by molar-refractivity contribution is 5.67. The molecule has 0 aromatic carbocycles. The lowest BCUT2D eigenvalue weighted by Gasteiger charge is -2.23. The normalized spacial score (nSPS) is 10.0.